The van der Waals surface area contributed by atoms with Gasteiger partial charge in [0.2, 0.25) is 11.8 Å². The molecule has 5 atom stereocenters. The number of hydrogen-bond acceptors (Lipinski definition) is 9. The van der Waals surface area contributed by atoms with E-state index in [-0.39, 0.29) is 41.0 Å². The molecule has 0 saturated carbocycles. The fourth-order valence-electron chi connectivity index (χ4n) is 7.79. The molecule has 4 heterocycles. The summed E-state index contributed by atoms with van der Waals surface area (Å²) in [6.07, 6.45) is 5.36. The lowest BCUT2D eigenvalue weighted by Crippen LogP contribution is -2.51. The lowest BCUT2D eigenvalue weighted by Gasteiger charge is -2.29. The summed E-state index contributed by atoms with van der Waals surface area (Å²) in [5.41, 5.74) is 5.27. The first-order valence-electron chi connectivity index (χ1n) is 19.7. The highest BCUT2D eigenvalue weighted by Crippen LogP contribution is 2.38. The molecule has 2 aliphatic rings. The SMILES string of the molecule is COC(=O)NC(CC(C)C)C(=O)N1CC(SC)CC1c1ncc(-c2ccc(-c3ccc(-c4nc(C5CCCN5C(=O)C(NC(=O)OC)C(C)C)[nH]c4Cl)cc3)cc2)[nH]1. The van der Waals surface area contributed by atoms with E-state index < -0.39 is 24.3 Å². The smallest absolute Gasteiger partial charge is 0.407 e. The molecular weight excluding hydrogens is 780 g/mol. The molecule has 2 aliphatic heterocycles. The molecule has 4 aromatic rings. The molecule has 2 fully saturated rings. The van der Waals surface area contributed by atoms with Crippen molar-refractivity contribution in [3.8, 4) is 33.6 Å². The highest BCUT2D eigenvalue weighted by molar-refractivity contribution is 7.99. The molecule has 0 bridgehead atoms. The number of methoxy groups -OCH3 is 2. The van der Waals surface area contributed by atoms with Crippen LogP contribution < -0.4 is 10.6 Å². The molecule has 2 aromatic carbocycles. The number of benzene rings is 2. The maximum atomic E-state index is 13.9. The number of imidazole rings is 2. The molecule has 0 radical (unpaired) electrons. The monoisotopic (exact) mass is 832 g/mol. The van der Waals surface area contributed by atoms with E-state index in [4.69, 9.17) is 31.0 Å². The summed E-state index contributed by atoms with van der Waals surface area (Å²) in [6.45, 7) is 8.92. The van der Waals surface area contributed by atoms with Crippen molar-refractivity contribution >= 4 is 47.4 Å². The number of nitrogens with zero attached hydrogens (tertiary/aromatic N) is 4. The van der Waals surface area contributed by atoms with Gasteiger partial charge < -0.3 is 39.9 Å². The number of alkyl carbamates (subject to hydrolysis) is 2. The van der Waals surface area contributed by atoms with Crippen molar-refractivity contribution in [3.05, 3.63) is 71.5 Å². The van der Waals surface area contributed by atoms with Crippen molar-refractivity contribution in [1.82, 2.24) is 40.4 Å². The van der Waals surface area contributed by atoms with E-state index in [0.717, 1.165) is 47.2 Å². The summed E-state index contributed by atoms with van der Waals surface area (Å²) < 4.78 is 9.58. The van der Waals surface area contributed by atoms with Crippen LogP contribution in [0.25, 0.3) is 33.6 Å². The van der Waals surface area contributed by atoms with Crippen molar-refractivity contribution in [2.45, 2.75) is 82.8 Å². The second-order valence-corrected chi connectivity index (χ2v) is 17.1. The molecule has 6 rings (SSSR count). The third-order valence-electron chi connectivity index (χ3n) is 10.9. The Bertz CT molecular complexity index is 2070. The van der Waals surface area contributed by atoms with E-state index in [9.17, 15) is 19.2 Å². The first-order valence-corrected chi connectivity index (χ1v) is 21.3. The number of halogens is 1. The Labute approximate surface area is 348 Å². The Morgan fingerprint density at radius 3 is 2.07 bits per heavy atom. The van der Waals surface area contributed by atoms with Gasteiger partial charge >= 0.3 is 12.2 Å². The van der Waals surface area contributed by atoms with Gasteiger partial charge in [-0.2, -0.15) is 11.8 Å². The van der Waals surface area contributed by atoms with Gasteiger partial charge in [0.05, 0.1) is 38.2 Å². The lowest BCUT2D eigenvalue weighted by molar-refractivity contribution is -0.136. The molecule has 58 heavy (non-hydrogen) atoms. The Balaban J connectivity index is 1.14. The molecule has 4 N–H and O–H groups in total. The number of rotatable bonds is 13. The minimum Gasteiger partial charge on any atom is -0.453 e. The van der Waals surface area contributed by atoms with Crippen LogP contribution in [-0.2, 0) is 19.1 Å². The fourth-order valence-corrected chi connectivity index (χ4v) is 8.72. The number of aromatic nitrogens is 4. The van der Waals surface area contributed by atoms with Gasteiger partial charge in [0, 0.05) is 23.9 Å². The van der Waals surface area contributed by atoms with Crippen LogP contribution in [0, 0.1) is 11.8 Å². The van der Waals surface area contributed by atoms with Crippen LogP contribution in [-0.4, -0.2) is 105 Å². The number of H-pyrrole nitrogens is 2. The summed E-state index contributed by atoms with van der Waals surface area (Å²) in [4.78, 5) is 71.5. The molecule has 0 aliphatic carbocycles. The van der Waals surface area contributed by atoms with E-state index in [1.165, 1.54) is 14.2 Å². The van der Waals surface area contributed by atoms with Gasteiger partial charge in [-0.15, -0.1) is 0 Å². The third-order valence-corrected chi connectivity index (χ3v) is 12.2. The van der Waals surface area contributed by atoms with Gasteiger partial charge in [-0.1, -0.05) is 87.8 Å². The van der Waals surface area contributed by atoms with Crippen molar-refractivity contribution < 1.29 is 28.7 Å². The number of amides is 4. The van der Waals surface area contributed by atoms with Crippen LogP contribution in [0.3, 0.4) is 0 Å². The van der Waals surface area contributed by atoms with Crippen molar-refractivity contribution in [3.63, 3.8) is 0 Å². The van der Waals surface area contributed by atoms with E-state index in [1.807, 2.05) is 75.2 Å². The molecule has 4 amide bonds. The van der Waals surface area contributed by atoms with Gasteiger partial charge in [0.1, 0.15) is 34.6 Å². The average Bonchev–Trinajstić information content (AvgIpc) is 4.05. The quantitative estimate of drug-likeness (QED) is 0.106. The fraction of sp³-hybridized carbons (Fsp3) is 0.476. The van der Waals surface area contributed by atoms with Gasteiger partial charge in [-0.3, -0.25) is 9.59 Å². The summed E-state index contributed by atoms with van der Waals surface area (Å²) in [7, 11) is 2.57. The number of aromatic amines is 2. The molecule has 14 nitrogen and oxygen atoms in total. The van der Waals surface area contributed by atoms with Crippen LogP contribution in [0.5, 0.6) is 0 Å². The second-order valence-electron chi connectivity index (χ2n) is 15.6. The first kappa shape index (κ1) is 42.6. The number of carbonyl (C=O) groups is 4. The summed E-state index contributed by atoms with van der Waals surface area (Å²) in [5.74, 6) is 1.06. The van der Waals surface area contributed by atoms with Crippen molar-refractivity contribution in [1.29, 1.82) is 0 Å². The minimum atomic E-state index is -0.726. The van der Waals surface area contributed by atoms with Gasteiger partial charge in [0.25, 0.3) is 0 Å². The largest absolute Gasteiger partial charge is 0.453 e. The van der Waals surface area contributed by atoms with E-state index in [1.54, 1.807) is 22.9 Å². The van der Waals surface area contributed by atoms with Crippen LogP contribution in [0.4, 0.5) is 9.59 Å². The van der Waals surface area contributed by atoms with E-state index in [2.05, 4.69) is 32.7 Å². The molecule has 5 unspecified atom stereocenters. The molecule has 310 valence electrons. The van der Waals surface area contributed by atoms with Gasteiger partial charge in [-0.05, 0) is 60.5 Å². The molecule has 0 spiro atoms. The maximum absolute atomic E-state index is 13.9. The minimum absolute atomic E-state index is 0.135. The third kappa shape index (κ3) is 9.47. The Kier molecular flexibility index (Phi) is 13.7. The summed E-state index contributed by atoms with van der Waals surface area (Å²) in [6, 6.07) is 14.2. The van der Waals surface area contributed by atoms with E-state index >= 15 is 0 Å². The van der Waals surface area contributed by atoms with Crippen LogP contribution in [0.15, 0.2) is 54.7 Å². The molecule has 2 aromatic heterocycles. The molecular formula is C42H53ClN8O6S. The normalized spacial score (nSPS) is 19.0. The maximum Gasteiger partial charge on any atom is 0.407 e. The Morgan fingerprint density at radius 2 is 1.47 bits per heavy atom. The number of carbonyl (C=O) groups excluding carboxylic acids is 4. The second kappa shape index (κ2) is 18.7. The zero-order valence-electron chi connectivity index (χ0n) is 34.0. The lowest BCUT2D eigenvalue weighted by atomic mass is 10.0. The summed E-state index contributed by atoms with van der Waals surface area (Å²) >= 11 is 8.43. The zero-order valence-corrected chi connectivity index (χ0v) is 35.6. The van der Waals surface area contributed by atoms with Gasteiger partial charge in [-0.25, -0.2) is 19.6 Å². The predicted molar refractivity (Wildman–Crippen MR) is 225 cm³/mol. The highest BCUT2D eigenvalue weighted by atomic mass is 35.5. The highest BCUT2D eigenvalue weighted by Gasteiger charge is 2.41. The molecule has 16 heteroatoms. The number of thioether (sulfide) groups is 1. The molecule has 2 saturated heterocycles. The number of likely N-dealkylation sites (tertiary alicyclic amines) is 2. The van der Waals surface area contributed by atoms with Crippen LogP contribution in [0.1, 0.15) is 77.1 Å². The first-order chi connectivity index (χ1) is 27.8. The van der Waals surface area contributed by atoms with E-state index in [0.29, 0.717) is 42.0 Å². The number of hydrogen-bond donors (Lipinski definition) is 4. The van der Waals surface area contributed by atoms with Crippen LogP contribution in [0.2, 0.25) is 5.15 Å². The van der Waals surface area contributed by atoms with Gasteiger partial charge in [0.15, 0.2) is 0 Å². The van der Waals surface area contributed by atoms with Crippen molar-refractivity contribution in [2.24, 2.45) is 11.8 Å². The average molecular weight is 833 g/mol. The summed E-state index contributed by atoms with van der Waals surface area (Å²) in [5, 5.41) is 6.06. The Hall–Kier alpha value is -5.02. The number of ether oxygens (including phenoxy) is 2. The topological polar surface area (TPSA) is 175 Å². The number of nitrogens with one attached hydrogen (secondary N) is 4. The zero-order chi connectivity index (χ0) is 41.7. The predicted octanol–water partition coefficient (Wildman–Crippen LogP) is 7.61. The van der Waals surface area contributed by atoms with Crippen LogP contribution >= 0.6 is 23.4 Å². The Morgan fingerprint density at radius 1 is 0.845 bits per heavy atom. The standard InChI is InChI=1S/C42H53ClN8O6S/c1-23(2)19-30(46-41(54)56-5)39(52)51-22-29(58-7)20-33(51)37-44-21-31(45-37)27-14-10-25(11-15-27)26-12-16-28(17-13-26)35-36(43)49-38(47-35)32-9-8-18-50(32)40(53)34(24(3)4)48-42(55)57-6/h10-17,21,23-24,29-30,32-34H,8-9,18-20,22H2,1-7H3,(H,44,45)(H,46,54)(H,47,49)(H,48,55). The van der Waals surface area contributed by atoms with Crippen molar-refractivity contribution in [2.75, 3.05) is 33.6 Å².